The number of nitrogens with zero attached hydrogens (tertiary/aromatic N) is 1. The van der Waals surface area contributed by atoms with Crippen LogP contribution in [-0.4, -0.2) is 66.7 Å². The van der Waals surface area contributed by atoms with E-state index < -0.39 is 0 Å². The first-order valence-corrected chi connectivity index (χ1v) is 25.8. The number of ether oxygens (including phenoxy) is 2. The number of ketones is 3. The monoisotopic (exact) mass is 856 g/mol. The van der Waals surface area contributed by atoms with Crippen molar-refractivity contribution in [1.82, 2.24) is 4.90 Å². The van der Waals surface area contributed by atoms with E-state index in [2.05, 4.69) is 32.3 Å². The van der Waals surface area contributed by atoms with Crippen LogP contribution in [0, 0.1) is 17.3 Å². The van der Waals surface area contributed by atoms with Gasteiger partial charge in [0.1, 0.15) is 17.7 Å². The molecular formula is C54H97NO6. The van der Waals surface area contributed by atoms with E-state index in [4.69, 9.17) is 9.47 Å². The van der Waals surface area contributed by atoms with E-state index in [0.29, 0.717) is 19.1 Å². The fraction of sp³-hybridized carbons (Fsp3) is 0.852. The molecule has 354 valence electrons. The van der Waals surface area contributed by atoms with Crippen molar-refractivity contribution in [3.63, 3.8) is 0 Å². The molecule has 1 heterocycles. The molecule has 1 aliphatic rings. The Kier molecular flexibility index (Phi) is 34.8. The highest BCUT2D eigenvalue weighted by Gasteiger charge is 2.31. The van der Waals surface area contributed by atoms with Crippen molar-refractivity contribution in [2.75, 3.05) is 26.3 Å². The minimum atomic E-state index is -0.238. The highest BCUT2D eigenvalue weighted by molar-refractivity contribution is 6.05. The summed E-state index contributed by atoms with van der Waals surface area (Å²) in [5, 5.41) is 0. The zero-order valence-electron chi connectivity index (χ0n) is 40.9. The summed E-state index contributed by atoms with van der Waals surface area (Å²) in [5.74, 6) is 0.447. The first-order chi connectivity index (χ1) is 29.5. The largest absolute Gasteiger partial charge is 0.462 e. The lowest BCUT2D eigenvalue weighted by atomic mass is 9.83. The standard InChI is InChI=1S/C54H97NO6/c1-8-12-15-17-20-26-34-51(35-27-21-18-16-13-9-2)61-53(59)36-28-22-19-25-31-41-60-45-49-42-47(37-38-50(57)43-52(58)48(32-11-4)33-14-10-3)44-55(49)40-30-24-23-29-39-54(6,7)46(5)56/h10,37-38,47-49,51H,3,8-9,11-36,39-45H2,1-2,4-7H3/t47-,48?,49-/m0/s1. The van der Waals surface area contributed by atoms with Crippen LogP contribution in [0.1, 0.15) is 241 Å². The van der Waals surface area contributed by atoms with Crippen LogP contribution in [0.4, 0.5) is 0 Å². The van der Waals surface area contributed by atoms with Crippen molar-refractivity contribution in [3.8, 4) is 0 Å². The van der Waals surface area contributed by atoms with Crippen LogP contribution in [-0.2, 0) is 28.7 Å². The fourth-order valence-electron chi connectivity index (χ4n) is 8.81. The van der Waals surface area contributed by atoms with Gasteiger partial charge < -0.3 is 9.47 Å². The van der Waals surface area contributed by atoms with Gasteiger partial charge >= 0.3 is 5.97 Å². The molecule has 7 heteroatoms. The second kappa shape index (κ2) is 37.3. The number of hydrogen-bond donors (Lipinski definition) is 0. The van der Waals surface area contributed by atoms with E-state index in [1.54, 1.807) is 13.0 Å². The van der Waals surface area contributed by atoms with Crippen LogP contribution in [0.5, 0.6) is 0 Å². The van der Waals surface area contributed by atoms with Crippen molar-refractivity contribution < 1.29 is 28.7 Å². The second-order valence-corrected chi connectivity index (χ2v) is 19.4. The maximum atomic E-state index is 12.9. The van der Waals surface area contributed by atoms with E-state index in [-0.39, 0.29) is 53.1 Å². The number of esters is 1. The van der Waals surface area contributed by atoms with Crippen molar-refractivity contribution >= 4 is 23.3 Å². The Morgan fingerprint density at radius 3 is 1.93 bits per heavy atom. The van der Waals surface area contributed by atoms with Gasteiger partial charge in [0, 0.05) is 36.9 Å². The normalized spacial score (nSPS) is 16.4. The highest BCUT2D eigenvalue weighted by Crippen LogP contribution is 2.28. The molecule has 7 nitrogen and oxygen atoms in total. The molecule has 1 aliphatic heterocycles. The van der Waals surface area contributed by atoms with Crippen LogP contribution in [0.25, 0.3) is 0 Å². The molecule has 1 saturated heterocycles. The summed E-state index contributed by atoms with van der Waals surface area (Å²) < 4.78 is 12.3. The van der Waals surface area contributed by atoms with Gasteiger partial charge in [0.25, 0.3) is 0 Å². The Labute approximate surface area is 376 Å². The number of allylic oxidation sites excluding steroid dienone is 2. The smallest absolute Gasteiger partial charge is 0.306 e. The van der Waals surface area contributed by atoms with Crippen molar-refractivity contribution in [2.24, 2.45) is 17.3 Å². The molecule has 3 atom stereocenters. The van der Waals surface area contributed by atoms with Crippen LogP contribution in [0.15, 0.2) is 24.8 Å². The lowest BCUT2D eigenvalue weighted by molar-refractivity contribution is -0.150. The number of carbonyl (C=O) groups is 4. The Bertz CT molecular complexity index is 1160. The molecule has 0 radical (unpaired) electrons. The maximum Gasteiger partial charge on any atom is 0.306 e. The van der Waals surface area contributed by atoms with Gasteiger partial charge in [0.05, 0.1) is 13.0 Å². The molecule has 0 aliphatic carbocycles. The first kappa shape index (κ1) is 56.9. The number of likely N-dealkylation sites (tertiary alicyclic amines) is 1. The Morgan fingerprint density at radius 2 is 1.31 bits per heavy atom. The third-order valence-electron chi connectivity index (χ3n) is 13.3. The molecular weight excluding hydrogens is 759 g/mol. The van der Waals surface area contributed by atoms with Crippen molar-refractivity contribution in [3.05, 3.63) is 24.8 Å². The molecule has 0 spiro atoms. The average Bonchev–Trinajstić information content (AvgIpc) is 3.62. The Morgan fingerprint density at radius 1 is 0.721 bits per heavy atom. The molecule has 0 aromatic carbocycles. The minimum Gasteiger partial charge on any atom is -0.462 e. The number of carbonyl (C=O) groups excluding carboxylic acids is 4. The van der Waals surface area contributed by atoms with Crippen LogP contribution < -0.4 is 0 Å². The maximum absolute atomic E-state index is 12.9. The third-order valence-corrected chi connectivity index (χ3v) is 13.3. The Hall–Kier alpha value is -2.12. The van der Waals surface area contributed by atoms with Gasteiger partial charge in [-0.25, -0.2) is 0 Å². The van der Waals surface area contributed by atoms with Crippen LogP contribution in [0.2, 0.25) is 0 Å². The lowest BCUT2D eigenvalue weighted by Gasteiger charge is -2.24. The zero-order valence-corrected chi connectivity index (χ0v) is 40.9. The van der Waals surface area contributed by atoms with Crippen LogP contribution in [0.3, 0.4) is 0 Å². The summed E-state index contributed by atoms with van der Waals surface area (Å²) in [6, 6.07) is 0.313. The molecule has 0 amide bonds. The topological polar surface area (TPSA) is 90.0 Å². The molecule has 0 aromatic rings. The van der Waals surface area contributed by atoms with Gasteiger partial charge in [-0.15, -0.1) is 6.58 Å². The zero-order chi connectivity index (χ0) is 45.0. The molecule has 1 unspecified atom stereocenters. The molecule has 1 fully saturated rings. The number of unbranched alkanes of at least 4 members (excludes halogenated alkanes) is 17. The lowest BCUT2D eigenvalue weighted by Crippen LogP contribution is -2.34. The van der Waals surface area contributed by atoms with Gasteiger partial charge in [-0.05, 0) is 103 Å². The fourth-order valence-corrected chi connectivity index (χ4v) is 8.81. The first-order valence-electron chi connectivity index (χ1n) is 25.8. The summed E-state index contributed by atoms with van der Waals surface area (Å²) in [6.45, 7) is 19.5. The summed E-state index contributed by atoms with van der Waals surface area (Å²) >= 11 is 0. The Balaban J connectivity index is 2.52. The van der Waals surface area contributed by atoms with E-state index in [9.17, 15) is 19.2 Å². The quantitative estimate of drug-likeness (QED) is 0.0198. The molecule has 1 rings (SSSR count). The van der Waals surface area contributed by atoms with Crippen molar-refractivity contribution in [2.45, 2.75) is 253 Å². The second-order valence-electron chi connectivity index (χ2n) is 19.4. The number of rotatable bonds is 43. The van der Waals surface area contributed by atoms with Gasteiger partial charge in [-0.1, -0.05) is 156 Å². The van der Waals surface area contributed by atoms with E-state index in [1.807, 2.05) is 26.0 Å². The summed E-state index contributed by atoms with van der Waals surface area (Å²) in [6.07, 6.45) is 38.3. The number of hydrogen-bond acceptors (Lipinski definition) is 7. The predicted molar refractivity (Wildman–Crippen MR) is 257 cm³/mol. The molecule has 61 heavy (non-hydrogen) atoms. The number of Topliss-reactive ketones (excluding diaryl/α,β-unsaturated/α-hetero) is 2. The van der Waals surface area contributed by atoms with E-state index in [1.165, 1.54) is 77.0 Å². The van der Waals surface area contributed by atoms with Gasteiger partial charge in [0.2, 0.25) is 0 Å². The summed E-state index contributed by atoms with van der Waals surface area (Å²) in [7, 11) is 0. The van der Waals surface area contributed by atoms with Gasteiger partial charge in [0.15, 0.2) is 5.78 Å². The highest BCUT2D eigenvalue weighted by atomic mass is 16.5. The average molecular weight is 856 g/mol. The van der Waals surface area contributed by atoms with Crippen LogP contribution >= 0.6 is 0 Å². The SMILES string of the molecule is C=CCCC(CCC)C(=O)CC(=O)C=C[C@H]1C[C@@H](COCCCCCCCC(=O)OC(CCCCCCCC)CCCCCCCC)N(CCCCCCC(C)(C)C(C)=O)C1. The van der Waals surface area contributed by atoms with Gasteiger partial charge in [-0.3, -0.25) is 24.1 Å². The molecule has 0 saturated carbocycles. The summed E-state index contributed by atoms with van der Waals surface area (Å²) in [4.78, 5) is 53.1. The molecule has 0 N–H and O–H groups in total. The van der Waals surface area contributed by atoms with Gasteiger partial charge in [-0.2, -0.15) is 0 Å². The third kappa shape index (κ3) is 29.8. The molecule has 0 aromatic heterocycles. The minimum absolute atomic E-state index is 0.00536. The van der Waals surface area contributed by atoms with E-state index >= 15 is 0 Å². The van der Waals surface area contributed by atoms with E-state index in [0.717, 1.165) is 129 Å². The summed E-state index contributed by atoms with van der Waals surface area (Å²) in [5.41, 5.74) is -0.238. The molecule has 0 bridgehead atoms. The van der Waals surface area contributed by atoms with Crippen molar-refractivity contribution in [1.29, 1.82) is 0 Å². The predicted octanol–water partition coefficient (Wildman–Crippen LogP) is 14.5.